The van der Waals surface area contributed by atoms with Crippen molar-refractivity contribution in [1.82, 2.24) is 4.90 Å². The second-order valence-electron chi connectivity index (χ2n) is 5.51. The molecule has 18 heavy (non-hydrogen) atoms. The quantitative estimate of drug-likeness (QED) is 0.547. The second-order valence-corrected chi connectivity index (χ2v) is 9.40. The lowest BCUT2D eigenvalue weighted by Gasteiger charge is -2.39. The number of alkyl halides is 2. The lowest BCUT2D eigenvalue weighted by atomic mass is 9.99. The van der Waals surface area contributed by atoms with Crippen molar-refractivity contribution >= 4 is 32.2 Å². The minimum Gasteiger partial charge on any atom is -0.401 e. The molecule has 6 heteroatoms. The fraction of sp³-hybridized carbons (Fsp3) is 1.00. The maximum Gasteiger partial charge on any atom is 0.195 e. The molecule has 0 aromatic heterocycles. The zero-order chi connectivity index (χ0) is 13.1. The van der Waals surface area contributed by atoms with Crippen LogP contribution in [0.15, 0.2) is 0 Å². The number of rotatable bonds is 1. The Labute approximate surface area is 121 Å². The van der Waals surface area contributed by atoms with Crippen LogP contribution in [0.4, 0.5) is 0 Å². The van der Waals surface area contributed by atoms with E-state index in [1.165, 1.54) is 12.8 Å². The standard InChI is InChI=1S/C12H23Cl2NO2Si/c1-9-3-5-15(6-4-9)11-8-16-7-10(13)12(14)18(2)17-11/h9-12,18H,3-8H2,1-2H3. The van der Waals surface area contributed by atoms with E-state index in [0.29, 0.717) is 13.2 Å². The van der Waals surface area contributed by atoms with E-state index in [-0.39, 0.29) is 16.6 Å². The van der Waals surface area contributed by atoms with Gasteiger partial charge < -0.3 is 9.16 Å². The van der Waals surface area contributed by atoms with E-state index in [4.69, 9.17) is 32.4 Å². The molecule has 0 aliphatic carbocycles. The van der Waals surface area contributed by atoms with Crippen LogP contribution in [-0.2, 0) is 9.16 Å². The van der Waals surface area contributed by atoms with Crippen LogP contribution in [0, 0.1) is 5.92 Å². The predicted molar refractivity (Wildman–Crippen MR) is 78.0 cm³/mol. The molecule has 3 nitrogen and oxygen atoms in total. The van der Waals surface area contributed by atoms with Crippen LogP contribution in [0.3, 0.4) is 0 Å². The lowest BCUT2D eigenvalue weighted by Crippen LogP contribution is -2.51. The van der Waals surface area contributed by atoms with Crippen LogP contribution in [0.1, 0.15) is 19.8 Å². The molecule has 2 aliphatic heterocycles. The minimum atomic E-state index is -1.45. The van der Waals surface area contributed by atoms with Crippen LogP contribution in [0.2, 0.25) is 6.55 Å². The number of nitrogens with zero attached hydrogens (tertiary/aromatic N) is 1. The van der Waals surface area contributed by atoms with Crippen molar-refractivity contribution in [3.05, 3.63) is 0 Å². The average molecular weight is 312 g/mol. The van der Waals surface area contributed by atoms with Gasteiger partial charge in [0.2, 0.25) is 0 Å². The summed E-state index contributed by atoms with van der Waals surface area (Å²) in [6.45, 7) is 7.83. The van der Waals surface area contributed by atoms with Gasteiger partial charge in [-0.3, -0.25) is 4.90 Å². The van der Waals surface area contributed by atoms with Gasteiger partial charge in [0.25, 0.3) is 0 Å². The van der Waals surface area contributed by atoms with Gasteiger partial charge in [0.15, 0.2) is 9.04 Å². The van der Waals surface area contributed by atoms with Crippen LogP contribution in [0.5, 0.6) is 0 Å². The molecule has 0 N–H and O–H groups in total. The van der Waals surface area contributed by atoms with Gasteiger partial charge in [-0.25, -0.2) is 0 Å². The third kappa shape index (κ3) is 3.84. The SMILES string of the molecule is CC1CCN(C2COCC(Cl)C(Cl)[SiH](C)O2)CC1. The van der Waals surface area contributed by atoms with Crippen molar-refractivity contribution in [3.63, 3.8) is 0 Å². The molecule has 0 amide bonds. The Morgan fingerprint density at radius 3 is 2.50 bits per heavy atom. The van der Waals surface area contributed by atoms with Crippen LogP contribution in [0.25, 0.3) is 0 Å². The van der Waals surface area contributed by atoms with E-state index in [1.807, 2.05) is 0 Å². The molecule has 0 saturated carbocycles. The van der Waals surface area contributed by atoms with Crippen molar-refractivity contribution in [1.29, 1.82) is 0 Å². The average Bonchev–Trinajstić information content (AvgIpc) is 2.36. The Bertz CT molecular complexity index is 264. The lowest BCUT2D eigenvalue weighted by molar-refractivity contribution is -0.0611. The van der Waals surface area contributed by atoms with E-state index in [0.717, 1.165) is 19.0 Å². The molecule has 106 valence electrons. The first-order valence-electron chi connectivity index (χ1n) is 6.83. The van der Waals surface area contributed by atoms with Gasteiger partial charge in [-0.1, -0.05) is 6.92 Å². The number of ether oxygens (including phenoxy) is 1. The van der Waals surface area contributed by atoms with Crippen molar-refractivity contribution in [2.45, 2.75) is 42.9 Å². The van der Waals surface area contributed by atoms with Gasteiger partial charge in [0, 0.05) is 13.1 Å². The summed E-state index contributed by atoms with van der Waals surface area (Å²) in [4.78, 5) is 2.40. The monoisotopic (exact) mass is 311 g/mol. The molecular formula is C12H23Cl2NO2Si. The summed E-state index contributed by atoms with van der Waals surface area (Å²) in [5.74, 6) is 0.832. The van der Waals surface area contributed by atoms with Crippen LogP contribution in [-0.4, -0.2) is 56.8 Å². The fourth-order valence-corrected chi connectivity index (χ4v) is 5.09. The van der Waals surface area contributed by atoms with E-state index in [9.17, 15) is 0 Å². The minimum absolute atomic E-state index is 0.0572. The van der Waals surface area contributed by atoms with E-state index < -0.39 is 9.04 Å². The molecule has 2 saturated heterocycles. The maximum absolute atomic E-state index is 6.33. The molecule has 2 heterocycles. The highest BCUT2D eigenvalue weighted by Gasteiger charge is 2.33. The smallest absolute Gasteiger partial charge is 0.195 e. The first kappa shape index (κ1) is 15.1. The zero-order valence-electron chi connectivity index (χ0n) is 11.1. The number of likely N-dealkylation sites (tertiary alicyclic amines) is 1. The maximum atomic E-state index is 6.33. The van der Waals surface area contributed by atoms with Crippen molar-refractivity contribution in [2.24, 2.45) is 5.92 Å². The number of piperidine rings is 1. The Balaban J connectivity index is 1.92. The molecule has 0 aromatic carbocycles. The summed E-state index contributed by atoms with van der Waals surface area (Å²) >= 11 is 12.5. The number of halogens is 2. The van der Waals surface area contributed by atoms with E-state index in [2.05, 4.69) is 18.4 Å². The highest BCUT2D eigenvalue weighted by atomic mass is 35.5. The third-order valence-corrected chi connectivity index (χ3v) is 8.17. The van der Waals surface area contributed by atoms with Crippen LogP contribution < -0.4 is 0 Å². The number of hydrogen-bond acceptors (Lipinski definition) is 3. The topological polar surface area (TPSA) is 21.7 Å². The second kappa shape index (κ2) is 6.91. The highest BCUT2D eigenvalue weighted by Crippen LogP contribution is 2.23. The zero-order valence-corrected chi connectivity index (χ0v) is 13.8. The summed E-state index contributed by atoms with van der Waals surface area (Å²) in [5, 5.41) is -0.172. The largest absolute Gasteiger partial charge is 0.401 e. The van der Waals surface area contributed by atoms with Crippen molar-refractivity contribution < 1.29 is 9.16 Å². The summed E-state index contributed by atoms with van der Waals surface area (Å²) in [5.41, 5.74) is 0. The molecule has 2 fully saturated rings. The van der Waals surface area contributed by atoms with Gasteiger partial charge >= 0.3 is 0 Å². The van der Waals surface area contributed by atoms with Crippen molar-refractivity contribution in [3.8, 4) is 0 Å². The molecule has 2 rings (SSSR count). The summed E-state index contributed by atoms with van der Waals surface area (Å²) < 4.78 is 11.8. The third-order valence-electron chi connectivity index (χ3n) is 3.93. The van der Waals surface area contributed by atoms with Gasteiger partial charge in [-0.15, -0.1) is 23.2 Å². The first-order valence-corrected chi connectivity index (χ1v) is 10.00. The summed E-state index contributed by atoms with van der Waals surface area (Å²) in [6.07, 6.45) is 2.58. The Hall–Kier alpha value is 0.677. The molecule has 0 bridgehead atoms. The molecule has 0 radical (unpaired) electrons. The first-order chi connectivity index (χ1) is 8.58. The molecular weight excluding hydrogens is 289 g/mol. The molecule has 4 unspecified atom stereocenters. The normalized spacial score (nSPS) is 41.3. The molecule has 4 atom stereocenters. The summed E-state index contributed by atoms with van der Waals surface area (Å²) in [6, 6.07) is 0. The molecule has 0 spiro atoms. The van der Waals surface area contributed by atoms with E-state index >= 15 is 0 Å². The van der Waals surface area contributed by atoms with Gasteiger partial charge in [-0.05, 0) is 25.3 Å². The fourth-order valence-electron chi connectivity index (χ4n) is 2.54. The predicted octanol–water partition coefficient (Wildman–Crippen LogP) is 2.20. The Kier molecular flexibility index (Phi) is 5.78. The van der Waals surface area contributed by atoms with Gasteiger partial charge in [-0.2, -0.15) is 0 Å². The van der Waals surface area contributed by atoms with E-state index in [1.54, 1.807) is 0 Å². The van der Waals surface area contributed by atoms with Gasteiger partial charge in [0.05, 0.1) is 23.6 Å². The van der Waals surface area contributed by atoms with Crippen LogP contribution >= 0.6 is 23.2 Å². The van der Waals surface area contributed by atoms with Crippen molar-refractivity contribution in [2.75, 3.05) is 26.3 Å². The summed E-state index contributed by atoms with van der Waals surface area (Å²) in [7, 11) is -1.45. The molecule has 2 aliphatic rings. The number of hydrogen-bond donors (Lipinski definition) is 0. The Morgan fingerprint density at radius 2 is 1.83 bits per heavy atom. The Morgan fingerprint density at radius 1 is 1.17 bits per heavy atom. The van der Waals surface area contributed by atoms with Gasteiger partial charge in [0.1, 0.15) is 6.23 Å². The highest BCUT2D eigenvalue weighted by molar-refractivity contribution is 6.65. The molecule has 0 aromatic rings.